The summed E-state index contributed by atoms with van der Waals surface area (Å²) in [4.78, 5) is 3.46. The molecule has 0 aromatic carbocycles. The number of halogens is 1. The van der Waals surface area contributed by atoms with Crippen LogP contribution >= 0.6 is 15.9 Å². The van der Waals surface area contributed by atoms with Crippen LogP contribution in [0.5, 0.6) is 0 Å². The molecule has 0 aromatic heterocycles. The lowest BCUT2D eigenvalue weighted by atomic mass is 9.79. The van der Waals surface area contributed by atoms with Gasteiger partial charge in [0.05, 0.1) is 0 Å². The fraction of sp³-hybridized carbons (Fsp3) is 0.857. The van der Waals surface area contributed by atoms with Crippen molar-refractivity contribution in [3.05, 3.63) is 11.1 Å². The minimum Gasteiger partial charge on any atom is -0.300 e. The molecule has 1 fully saturated rings. The molecule has 0 aromatic rings. The lowest BCUT2D eigenvalue weighted by Gasteiger charge is -2.37. The van der Waals surface area contributed by atoms with Crippen molar-refractivity contribution >= 4 is 15.9 Å². The highest BCUT2D eigenvalue weighted by atomic mass is 79.9. The molecule has 16 heavy (non-hydrogen) atoms. The van der Waals surface area contributed by atoms with Crippen LogP contribution in [0.15, 0.2) is 11.1 Å². The molecule has 1 saturated heterocycles. The zero-order valence-corrected chi connectivity index (χ0v) is 11.6. The summed E-state index contributed by atoms with van der Waals surface area (Å²) in [6.07, 6.45) is 11.2. The Hall–Kier alpha value is 0.180. The molecule has 0 bridgehead atoms. The summed E-state index contributed by atoms with van der Waals surface area (Å²) in [5.41, 5.74) is 3.60. The van der Waals surface area contributed by atoms with Crippen LogP contribution in [-0.2, 0) is 0 Å². The van der Waals surface area contributed by atoms with Gasteiger partial charge in [-0.2, -0.15) is 0 Å². The van der Waals surface area contributed by atoms with E-state index >= 15 is 0 Å². The van der Waals surface area contributed by atoms with Crippen molar-refractivity contribution in [2.45, 2.75) is 62.2 Å². The summed E-state index contributed by atoms with van der Waals surface area (Å²) in [5, 5.41) is 0. The van der Waals surface area contributed by atoms with Crippen LogP contribution in [0.4, 0.5) is 0 Å². The van der Waals surface area contributed by atoms with E-state index in [0.717, 1.165) is 6.04 Å². The fourth-order valence-corrected chi connectivity index (χ4v) is 4.56. The van der Waals surface area contributed by atoms with E-state index in [1.54, 1.807) is 5.57 Å². The van der Waals surface area contributed by atoms with E-state index in [2.05, 4.69) is 20.8 Å². The molecular formula is C14H22BrN. The minimum absolute atomic E-state index is 0.710. The van der Waals surface area contributed by atoms with Crippen LogP contribution in [0.25, 0.3) is 0 Å². The van der Waals surface area contributed by atoms with Crippen LogP contribution in [0, 0.1) is 0 Å². The zero-order chi connectivity index (χ0) is 11.0. The average Bonchev–Trinajstić information content (AvgIpc) is 2.83. The molecule has 3 rings (SSSR count). The van der Waals surface area contributed by atoms with Gasteiger partial charge in [-0.05, 0) is 64.5 Å². The number of rotatable bonds is 1. The van der Waals surface area contributed by atoms with Gasteiger partial charge < -0.3 is 4.90 Å². The Morgan fingerprint density at radius 3 is 2.62 bits per heavy atom. The Morgan fingerprint density at radius 1 is 1.00 bits per heavy atom. The normalized spacial score (nSPS) is 36.6. The zero-order valence-electron chi connectivity index (χ0n) is 10.1. The third-order valence-electron chi connectivity index (χ3n) is 4.66. The molecule has 2 aliphatic carbocycles. The highest BCUT2D eigenvalue weighted by Crippen LogP contribution is 2.40. The predicted octanol–water partition coefficient (Wildman–Crippen LogP) is 3.88. The van der Waals surface area contributed by atoms with E-state index in [0.29, 0.717) is 4.83 Å². The van der Waals surface area contributed by atoms with E-state index in [1.807, 2.05) is 5.57 Å². The molecule has 2 heteroatoms. The summed E-state index contributed by atoms with van der Waals surface area (Å²) in [6.45, 7) is 2.72. The van der Waals surface area contributed by atoms with Gasteiger partial charge in [0, 0.05) is 10.9 Å². The molecule has 0 saturated carbocycles. The highest BCUT2D eigenvalue weighted by Gasteiger charge is 2.31. The lowest BCUT2D eigenvalue weighted by molar-refractivity contribution is 0.218. The number of allylic oxidation sites excluding steroid dienone is 1. The standard InChI is InChI=1S/C14H22BrN/c15-14-5-3-4-11-6-7-12(10-13(11)14)16-8-1-2-9-16/h12,14H,1-10H2. The Labute approximate surface area is 107 Å². The van der Waals surface area contributed by atoms with Crippen molar-refractivity contribution in [3.8, 4) is 0 Å². The van der Waals surface area contributed by atoms with Crippen molar-refractivity contribution in [3.63, 3.8) is 0 Å². The largest absolute Gasteiger partial charge is 0.300 e. The molecule has 0 spiro atoms. The van der Waals surface area contributed by atoms with Gasteiger partial charge in [-0.15, -0.1) is 0 Å². The van der Waals surface area contributed by atoms with Crippen molar-refractivity contribution in [2.75, 3.05) is 13.1 Å². The summed E-state index contributed by atoms with van der Waals surface area (Å²) < 4.78 is 0. The van der Waals surface area contributed by atoms with Gasteiger partial charge in [-0.3, -0.25) is 0 Å². The Morgan fingerprint density at radius 2 is 1.81 bits per heavy atom. The predicted molar refractivity (Wildman–Crippen MR) is 72.0 cm³/mol. The SMILES string of the molecule is BrC1CCCC2=C1CC(N1CCCC1)CC2. The first-order valence-corrected chi connectivity index (χ1v) is 7.85. The maximum atomic E-state index is 3.89. The number of hydrogen-bond acceptors (Lipinski definition) is 1. The highest BCUT2D eigenvalue weighted by molar-refractivity contribution is 9.09. The molecule has 0 N–H and O–H groups in total. The van der Waals surface area contributed by atoms with Gasteiger partial charge in [0.25, 0.3) is 0 Å². The first-order chi connectivity index (χ1) is 7.84. The second-order valence-electron chi connectivity index (χ2n) is 5.63. The first kappa shape index (κ1) is 11.3. The quantitative estimate of drug-likeness (QED) is 0.522. The van der Waals surface area contributed by atoms with Gasteiger partial charge in [-0.1, -0.05) is 27.1 Å². The van der Waals surface area contributed by atoms with Gasteiger partial charge >= 0.3 is 0 Å². The topological polar surface area (TPSA) is 3.24 Å². The second-order valence-corrected chi connectivity index (χ2v) is 6.73. The Balaban J connectivity index is 1.72. The van der Waals surface area contributed by atoms with Gasteiger partial charge in [0.15, 0.2) is 0 Å². The van der Waals surface area contributed by atoms with Crippen LogP contribution in [0.3, 0.4) is 0 Å². The summed E-state index contributed by atoms with van der Waals surface area (Å²) in [5.74, 6) is 0. The maximum absolute atomic E-state index is 3.89. The number of nitrogens with zero attached hydrogens (tertiary/aromatic N) is 1. The number of likely N-dealkylation sites (tertiary alicyclic amines) is 1. The molecule has 2 atom stereocenters. The van der Waals surface area contributed by atoms with E-state index in [9.17, 15) is 0 Å². The van der Waals surface area contributed by atoms with Crippen LogP contribution in [-0.4, -0.2) is 28.9 Å². The minimum atomic E-state index is 0.710. The van der Waals surface area contributed by atoms with E-state index in [-0.39, 0.29) is 0 Å². The molecule has 3 aliphatic rings. The summed E-state index contributed by atoms with van der Waals surface area (Å²) in [6, 6.07) is 0.874. The van der Waals surface area contributed by atoms with Gasteiger partial charge in [-0.25, -0.2) is 0 Å². The van der Waals surface area contributed by atoms with Crippen LogP contribution in [0.2, 0.25) is 0 Å². The Bertz CT molecular complexity index is 291. The second kappa shape index (κ2) is 4.81. The third kappa shape index (κ3) is 2.11. The molecular weight excluding hydrogens is 262 g/mol. The van der Waals surface area contributed by atoms with Crippen molar-refractivity contribution in [2.24, 2.45) is 0 Å². The summed E-state index contributed by atoms with van der Waals surface area (Å²) >= 11 is 3.89. The van der Waals surface area contributed by atoms with E-state index in [4.69, 9.17) is 0 Å². The smallest absolute Gasteiger partial charge is 0.0358 e. The number of hydrogen-bond donors (Lipinski definition) is 0. The molecule has 2 unspecified atom stereocenters. The van der Waals surface area contributed by atoms with Crippen molar-refractivity contribution < 1.29 is 0 Å². The van der Waals surface area contributed by atoms with E-state index in [1.165, 1.54) is 64.5 Å². The third-order valence-corrected chi connectivity index (χ3v) is 5.67. The lowest BCUT2D eigenvalue weighted by Crippen LogP contribution is -2.36. The fourth-order valence-electron chi connectivity index (χ4n) is 3.72. The summed E-state index contributed by atoms with van der Waals surface area (Å²) in [7, 11) is 0. The average molecular weight is 284 g/mol. The molecule has 1 heterocycles. The molecule has 1 nitrogen and oxygen atoms in total. The van der Waals surface area contributed by atoms with Crippen LogP contribution in [0.1, 0.15) is 51.4 Å². The molecule has 0 radical (unpaired) electrons. The Kier molecular flexibility index (Phi) is 3.39. The van der Waals surface area contributed by atoms with Crippen molar-refractivity contribution in [1.82, 2.24) is 4.90 Å². The van der Waals surface area contributed by atoms with Gasteiger partial charge in [0.2, 0.25) is 0 Å². The molecule has 90 valence electrons. The van der Waals surface area contributed by atoms with Crippen molar-refractivity contribution in [1.29, 1.82) is 0 Å². The monoisotopic (exact) mass is 283 g/mol. The van der Waals surface area contributed by atoms with Gasteiger partial charge in [0.1, 0.15) is 0 Å². The molecule has 0 amide bonds. The van der Waals surface area contributed by atoms with E-state index < -0.39 is 0 Å². The van der Waals surface area contributed by atoms with Crippen LogP contribution < -0.4 is 0 Å². The first-order valence-electron chi connectivity index (χ1n) is 6.93. The molecule has 1 aliphatic heterocycles. The number of alkyl halides is 1. The maximum Gasteiger partial charge on any atom is 0.0358 e.